The molecule has 24 heavy (non-hydrogen) atoms. The van der Waals surface area contributed by atoms with Gasteiger partial charge in [0.05, 0.1) is 13.5 Å². The molecule has 0 amide bonds. The van der Waals surface area contributed by atoms with Gasteiger partial charge in [-0.1, -0.05) is 39.0 Å². The Hall–Kier alpha value is -2.42. The van der Waals surface area contributed by atoms with Crippen LogP contribution in [0.1, 0.15) is 59.9 Å². The van der Waals surface area contributed by atoms with Crippen LogP contribution in [0.5, 0.6) is 5.75 Å². The fourth-order valence-corrected chi connectivity index (χ4v) is 2.44. The molecular weight excluding hydrogens is 300 g/mol. The lowest BCUT2D eigenvalue weighted by Crippen LogP contribution is -2.16. The van der Waals surface area contributed by atoms with Gasteiger partial charge in [-0.2, -0.15) is 0 Å². The smallest absolute Gasteiger partial charge is 0.170 e. The maximum atomic E-state index is 12.5. The largest absolute Gasteiger partial charge is 0.497 e. The molecule has 0 bridgehead atoms. The van der Waals surface area contributed by atoms with Crippen molar-refractivity contribution in [1.82, 2.24) is 0 Å². The van der Waals surface area contributed by atoms with Crippen molar-refractivity contribution in [3.63, 3.8) is 0 Å². The highest BCUT2D eigenvalue weighted by Crippen LogP contribution is 2.27. The van der Waals surface area contributed by atoms with Crippen molar-refractivity contribution in [2.24, 2.45) is 0 Å². The Kier molecular flexibility index (Phi) is 5.55. The number of rotatable bonds is 7. The molecule has 0 unspecified atom stereocenters. The predicted octanol–water partition coefficient (Wildman–Crippen LogP) is 4.84. The lowest BCUT2D eigenvalue weighted by molar-refractivity contribution is 0.0894. The van der Waals surface area contributed by atoms with Crippen LogP contribution in [0.3, 0.4) is 0 Å². The Bertz CT molecular complexity index is 727. The van der Waals surface area contributed by atoms with E-state index < -0.39 is 0 Å². The van der Waals surface area contributed by atoms with E-state index in [1.165, 1.54) is 0 Å². The molecule has 0 aliphatic carbocycles. The molecule has 0 aliphatic rings. The van der Waals surface area contributed by atoms with E-state index >= 15 is 0 Å². The summed E-state index contributed by atoms with van der Waals surface area (Å²) < 4.78 is 5.08. The summed E-state index contributed by atoms with van der Waals surface area (Å²) in [6.45, 7) is 6.43. The van der Waals surface area contributed by atoms with Gasteiger partial charge in [-0.05, 0) is 47.7 Å². The van der Waals surface area contributed by atoms with Gasteiger partial charge in [0, 0.05) is 11.1 Å². The van der Waals surface area contributed by atoms with E-state index in [4.69, 9.17) is 4.74 Å². The molecule has 2 aromatic carbocycles. The van der Waals surface area contributed by atoms with E-state index in [2.05, 4.69) is 20.8 Å². The van der Waals surface area contributed by atoms with Crippen LogP contribution >= 0.6 is 0 Å². The number of carbonyl (C=O) groups excluding carboxylic acids is 2. The molecule has 0 spiro atoms. The number of ketones is 2. The van der Waals surface area contributed by atoms with Crippen molar-refractivity contribution in [2.75, 3.05) is 7.11 Å². The van der Waals surface area contributed by atoms with Crippen molar-refractivity contribution in [2.45, 2.75) is 39.0 Å². The highest BCUT2D eigenvalue weighted by Gasteiger charge is 2.20. The second kappa shape index (κ2) is 7.43. The van der Waals surface area contributed by atoms with Crippen molar-refractivity contribution in [3.05, 3.63) is 65.2 Å². The van der Waals surface area contributed by atoms with Gasteiger partial charge in [0.2, 0.25) is 0 Å². The van der Waals surface area contributed by atoms with Gasteiger partial charge < -0.3 is 4.74 Å². The molecule has 0 saturated carbocycles. The molecule has 3 nitrogen and oxygen atoms in total. The van der Waals surface area contributed by atoms with Crippen molar-refractivity contribution in [1.29, 1.82) is 0 Å². The Morgan fingerprint density at radius 1 is 0.958 bits per heavy atom. The second-order valence-corrected chi connectivity index (χ2v) is 6.57. The summed E-state index contributed by atoms with van der Waals surface area (Å²) in [6, 6.07) is 14.4. The SMILES string of the molecule is CCC(C)(C)c1cccc(C(=O)CC(=O)c2ccc(OC)cc2)c1. The fraction of sp³-hybridized carbons (Fsp3) is 0.333. The highest BCUT2D eigenvalue weighted by molar-refractivity contribution is 6.13. The van der Waals surface area contributed by atoms with Crippen LogP contribution < -0.4 is 4.74 Å². The van der Waals surface area contributed by atoms with Crippen LogP contribution in [-0.4, -0.2) is 18.7 Å². The maximum absolute atomic E-state index is 12.5. The molecule has 0 N–H and O–H groups in total. The zero-order valence-corrected chi connectivity index (χ0v) is 14.8. The van der Waals surface area contributed by atoms with Gasteiger partial charge in [-0.3, -0.25) is 9.59 Å². The third kappa shape index (κ3) is 4.10. The van der Waals surface area contributed by atoms with E-state index in [0.717, 1.165) is 12.0 Å². The summed E-state index contributed by atoms with van der Waals surface area (Å²) >= 11 is 0. The van der Waals surface area contributed by atoms with Crippen molar-refractivity contribution in [3.8, 4) is 5.75 Å². The monoisotopic (exact) mass is 324 g/mol. The van der Waals surface area contributed by atoms with Gasteiger partial charge in [0.25, 0.3) is 0 Å². The fourth-order valence-electron chi connectivity index (χ4n) is 2.44. The van der Waals surface area contributed by atoms with Gasteiger partial charge in [0.1, 0.15) is 5.75 Å². The zero-order chi connectivity index (χ0) is 17.7. The number of Topliss-reactive ketones (excluding diaryl/α,β-unsaturated/α-hetero) is 2. The Morgan fingerprint density at radius 3 is 2.17 bits per heavy atom. The first kappa shape index (κ1) is 17.9. The van der Waals surface area contributed by atoms with E-state index in [1.54, 1.807) is 37.4 Å². The lowest BCUT2D eigenvalue weighted by Gasteiger charge is -2.23. The topological polar surface area (TPSA) is 43.4 Å². The summed E-state index contributed by atoms with van der Waals surface area (Å²) in [7, 11) is 1.57. The van der Waals surface area contributed by atoms with Crippen LogP contribution in [0.2, 0.25) is 0 Å². The minimum absolute atomic E-state index is 0.0102. The third-order valence-electron chi connectivity index (χ3n) is 4.58. The molecule has 2 aromatic rings. The van der Waals surface area contributed by atoms with Crippen LogP contribution in [0.25, 0.3) is 0 Å². The predicted molar refractivity (Wildman–Crippen MR) is 96.0 cm³/mol. The Balaban J connectivity index is 2.14. The Morgan fingerprint density at radius 2 is 1.58 bits per heavy atom. The van der Waals surface area contributed by atoms with E-state index in [0.29, 0.717) is 16.9 Å². The van der Waals surface area contributed by atoms with E-state index in [9.17, 15) is 9.59 Å². The molecule has 0 heterocycles. The van der Waals surface area contributed by atoms with Crippen molar-refractivity contribution < 1.29 is 14.3 Å². The van der Waals surface area contributed by atoms with Crippen LogP contribution in [0.4, 0.5) is 0 Å². The minimum Gasteiger partial charge on any atom is -0.497 e. The van der Waals surface area contributed by atoms with E-state index in [-0.39, 0.29) is 23.4 Å². The first-order chi connectivity index (χ1) is 11.4. The molecule has 0 aliphatic heterocycles. The standard InChI is InChI=1S/C21H24O3/c1-5-21(2,3)17-8-6-7-16(13-17)20(23)14-19(22)15-9-11-18(24-4)12-10-15/h6-13H,5,14H2,1-4H3. The van der Waals surface area contributed by atoms with Gasteiger partial charge in [-0.25, -0.2) is 0 Å². The summed E-state index contributed by atoms with van der Waals surface area (Å²) in [4.78, 5) is 24.8. The summed E-state index contributed by atoms with van der Waals surface area (Å²) in [5.41, 5.74) is 2.24. The molecular formula is C21H24O3. The molecule has 0 radical (unpaired) electrons. The molecule has 0 saturated heterocycles. The number of benzene rings is 2. The lowest BCUT2D eigenvalue weighted by atomic mass is 9.81. The molecule has 0 fully saturated rings. The highest BCUT2D eigenvalue weighted by atomic mass is 16.5. The summed E-state index contributed by atoms with van der Waals surface area (Å²) in [5.74, 6) is 0.361. The molecule has 0 atom stereocenters. The Labute approximate surface area is 143 Å². The normalized spacial score (nSPS) is 11.2. The number of hydrogen-bond donors (Lipinski definition) is 0. The summed E-state index contributed by atoms with van der Waals surface area (Å²) in [6.07, 6.45) is 0.859. The number of methoxy groups -OCH3 is 1. The first-order valence-electron chi connectivity index (χ1n) is 8.18. The van der Waals surface area contributed by atoms with Crippen LogP contribution in [0, 0.1) is 0 Å². The third-order valence-corrected chi connectivity index (χ3v) is 4.58. The number of ether oxygens (including phenoxy) is 1. The van der Waals surface area contributed by atoms with Gasteiger partial charge >= 0.3 is 0 Å². The first-order valence-corrected chi connectivity index (χ1v) is 8.18. The summed E-state index contributed by atoms with van der Waals surface area (Å²) in [5, 5.41) is 0. The molecule has 126 valence electrons. The minimum atomic E-state index is -0.178. The van der Waals surface area contributed by atoms with Gasteiger partial charge in [0.15, 0.2) is 11.6 Å². The van der Waals surface area contributed by atoms with Crippen LogP contribution in [-0.2, 0) is 5.41 Å². The van der Waals surface area contributed by atoms with Gasteiger partial charge in [-0.15, -0.1) is 0 Å². The van der Waals surface area contributed by atoms with Crippen molar-refractivity contribution >= 4 is 11.6 Å². The maximum Gasteiger partial charge on any atom is 0.170 e. The second-order valence-electron chi connectivity index (χ2n) is 6.57. The van der Waals surface area contributed by atoms with E-state index in [1.807, 2.05) is 18.2 Å². The molecule has 2 rings (SSSR count). The average Bonchev–Trinajstić information content (AvgIpc) is 2.61. The molecule has 0 aromatic heterocycles. The van der Waals surface area contributed by atoms with Crippen LogP contribution in [0.15, 0.2) is 48.5 Å². The number of carbonyl (C=O) groups is 2. The average molecular weight is 324 g/mol. The number of hydrogen-bond acceptors (Lipinski definition) is 3. The zero-order valence-electron chi connectivity index (χ0n) is 14.8. The molecule has 3 heteroatoms. The quantitative estimate of drug-likeness (QED) is 0.541.